The van der Waals surface area contributed by atoms with Gasteiger partial charge in [-0.2, -0.15) is 0 Å². The number of sulfonamides is 2. The third-order valence-corrected chi connectivity index (χ3v) is 27.8. The van der Waals surface area contributed by atoms with Crippen molar-refractivity contribution in [2.75, 3.05) is 13.1 Å². The van der Waals surface area contributed by atoms with Gasteiger partial charge in [0.25, 0.3) is 10.4 Å². The van der Waals surface area contributed by atoms with E-state index in [1.807, 2.05) is 97.1 Å². The van der Waals surface area contributed by atoms with Crippen molar-refractivity contribution in [3.05, 3.63) is 143 Å². The number of hydrogen-bond acceptors (Lipinski definition) is 16. The van der Waals surface area contributed by atoms with Crippen LogP contribution in [0.25, 0.3) is 20.4 Å². The average molecular weight is 1470 g/mol. The number of thiazole rings is 2. The van der Waals surface area contributed by atoms with E-state index in [1.54, 1.807) is 35.8 Å². The molecule has 6 aromatic rings. The zero-order valence-corrected chi connectivity index (χ0v) is 60.5. The monoisotopic (exact) mass is 1460 g/mol. The molecule has 8 aliphatic rings. The van der Waals surface area contributed by atoms with Crippen LogP contribution in [0.4, 0.5) is 0 Å². The van der Waals surface area contributed by atoms with E-state index in [9.17, 15) is 50.7 Å². The summed E-state index contributed by atoms with van der Waals surface area (Å²) in [6.45, 7) is 3.79. The smallest absolute Gasteiger partial charge is 0.310 e. The second-order valence-electron chi connectivity index (χ2n) is 29.0. The van der Waals surface area contributed by atoms with Crippen molar-refractivity contribution in [2.24, 2.45) is 39.6 Å². The number of primary sulfonamides is 1. The fourth-order valence-electron chi connectivity index (χ4n) is 14.4. The highest BCUT2D eigenvalue weighted by atomic mass is 35.5. The predicted octanol–water partition coefficient (Wildman–Crippen LogP) is 13.2. The van der Waals surface area contributed by atoms with E-state index in [2.05, 4.69) is 26.8 Å². The molecule has 4 saturated carbocycles. The minimum atomic E-state index is -3.88. The van der Waals surface area contributed by atoms with Gasteiger partial charge in [-0.25, -0.2) is 31.9 Å². The number of aromatic nitrogens is 2. The van der Waals surface area contributed by atoms with Crippen LogP contribution in [0.2, 0.25) is 10.0 Å². The van der Waals surface area contributed by atoms with E-state index in [4.69, 9.17) is 37.8 Å². The summed E-state index contributed by atoms with van der Waals surface area (Å²) in [5, 5.41) is 17.1. The molecule has 4 aromatic carbocycles. The van der Waals surface area contributed by atoms with E-state index in [0.717, 1.165) is 102 Å². The molecular formula is C74H86Cl2N6O13S4. The second kappa shape index (κ2) is 29.8. The summed E-state index contributed by atoms with van der Waals surface area (Å²) in [5.74, 6) is -3.13. The van der Waals surface area contributed by atoms with Gasteiger partial charge in [0.1, 0.15) is 12.2 Å². The second-order valence-corrected chi connectivity index (χ2v) is 36.1. The van der Waals surface area contributed by atoms with Gasteiger partial charge in [0.2, 0.25) is 37.8 Å². The molecule has 0 radical (unpaired) electrons. The van der Waals surface area contributed by atoms with Gasteiger partial charge in [0.15, 0.2) is 11.6 Å². The van der Waals surface area contributed by atoms with E-state index in [-0.39, 0.29) is 79.4 Å². The number of ketones is 2. The number of carbonyl (C=O) groups is 6. The van der Waals surface area contributed by atoms with Crippen molar-refractivity contribution in [1.29, 1.82) is 0 Å². The van der Waals surface area contributed by atoms with Gasteiger partial charge < -0.3 is 24.4 Å². The van der Waals surface area contributed by atoms with E-state index in [1.165, 1.54) is 22.7 Å². The summed E-state index contributed by atoms with van der Waals surface area (Å²) in [6, 6.07) is 29.3. The number of fused-ring (bicyclic) bond motifs is 6. The van der Waals surface area contributed by atoms with Gasteiger partial charge >= 0.3 is 5.97 Å². The van der Waals surface area contributed by atoms with E-state index >= 15 is 0 Å². The first-order valence-electron chi connectivity index (χ1n) is 34.6. The Labute approximate surface area is 596 Å². The van der Waals surface area contributed by atoms with Crippen LogP contribution in [0, 0.1) is 34.5 Å². The molecule has 6 fully saturated rings. The summed E-state index contributed by atoms with van der Waals surface area (Å²) < 4.78 is 62.5. The summed E-state index contributed by atoms with van der Waals surface area (Å²) in [5.41, 5.74) is 1.42. The number of allylic oxidation sites excluding steroid dienone is 4. The van der Waals surface area contributed by atoms with Crippen LogP contribution in [0.15, 0.2) is 121 Å². The summed E-state index contributed by atoms with van der Waals surface area (Å²) in [4.78, 5) is 95.8. The molecule has 0 bridgehead atoms. The molecule has 99 heavy (non-hydrogen) atoms. The molecular weight excluding hydrogens is 1380 g/mol. The highest BCUT2D eigenvalue weighted by molar-refractivity contribution is 7.91. The molecule has 25 heteroatoms. The van der Waals surface area contributed by atoms with Crippen LogP contribution >= 0.6 is 45.9 Å². The van der Waals surface area contributed by atoms with E-state index in [0.29, 0.717) is 71.8 Å². The molecule has 4 aliphatic carbocycles. The Morgan fingerprint density at radius 2 is 1.05 bits per heavy atom. The Morgan fingerprint density at radius 3 is 1.47 bits per heavy atom. The predicted molar refractivity (Wildman–Crippen MR) is 383 cm³/mol. The fraction of sp³-hybridized carbons (Fsp3) is 0.514. The van der Waals surface area contributed by atoms with Gasteiger partial charge in [-0.3, -0.25) is 33.5 Å². The zero-order chi connectivity index (χ0) is 70.1. The van der Waals surface area contributed by atoms with Crippen LogP contribution in [0.5, 0.6) is 10.4 Å². The van der Waals surface area contributed by atoms with Crippen LogP contribution in [-0.2, 0) is 61.7 Å². The molecule has 4 N–H and O–H groups in total. The molecule has 14 rings (SSSR count). The minimum absolute atomic E-state index is 0.0518. The summed E-state index contributed by atoms with van der Waals surface area (Å²) in [6.07, 6.45) is 20.8. The molecule has 528 valence electrons. The molecule has 19 nitrogen and oxygen atoms in total. The Bertz CT molecular complexity index is 4310. The van der Waals surface area contributed by atoms with Crippen molar-refractivity contribution in [2.45, 2.75) is 189 Å². The molecule has 2 aromatic heterocycles. The number of carbonyl (C=O) groups excluding carboxylic acids is 5. The topological polar surface area (TPSA) is 280 Å². The highest BCUT2D eigenvalue weighted by Gasteiger charge is 2.64. The third-order valence-electron chi connectivity index (χ3n) is 21.6. The van der Waals surface area contributed by atoms with Crippen molar-refractivity contribution < 1.29 is 60.2 Å². The maximum absolute atomic E-state index is 14.5. The van der Waals surface area contributed by atoms with Crippen LogP contribution in [-0.4, -0.2) is 124 Å². The molecule has 3 amide bonds. The van der Waals surface area contributed by atoms with Crippen molar-refractivity contribution in [1.82, 2.24) is 24.5 Å². The lowest BCUT2D eigenvalue weighted by atomic mass is 9.90. The largest absolute Gasteiger partial charge is 0.481 e. The maximum atomic E-state index is 14.5. The standard InChI is InChI=1S/C37H42ClN3O6S2.C33H35ClN2O5S.C4H9NO2S/c1-36(16-17-36)49(45,46)40-34(44)37-21-26(37)13-9-4-2-3-8-12-25(18-24-10-6-5-7-11-24)33(43)41-23-28(20-30(41)31(42)22-37)47-35-39-29-15-14-27(38)19-32(29)48-35;34-24-13-14-26-29(16-24)42-32(35-26)41-25-17-27-28(37)19-33(31(39)40)18-23(33)12-8-3-1-2-7-11-22(30(38)36(27)20-25)15-21-9-5-4-6-10-21;1-4(2-3-4)8(5,6)7/h5-7,9-11,13-15,19,25-26,28,30H,2-4,8,12,16-18,20-23H2,1H3,(H,40,44);4-6,8-10,12-14,16,22-23,25,27H,1-3,7,11,15,17-20H2,(H,39,40);2-3H2,1H3,(H2,5,6,7)/b13-9-;12-8-;/t25-,26-,28-,30+,37-;22-,23-,25-,27+,33-;/m11./s1. The number of carboxylic acids is 1. The molecule has 10 atom stereocenters. The Morgan fingerprint density at radius 1 is 0.616 bits per heavy atom. The Balaban J connectivity index is 0.000000170. The fourth-order valence-corrected chi connectivity index (χ4v) is 18.7. The number of hydrogen-bond donors (Lipinski definition) is 3. The van der Waals surface area contributed by atoms with Crippen LogP contribution in [0.3, 0.4) is 0 Å². The number of nitrogens with two attached hydrogens (primary N) is 1. The number of amides is 3. The van der Waals surface area contributed by atoms with Gasteiger partial charge in [-0.1, -0.05) is 157 Å². The van der Waals surface area contributed by atoms with Crippen LogP contribution in [0.1, 0.15) is 153 Å². The van der Waals surface area contributed by atoms with Crippen molar-refractivity contribution in [3.8, 4) is 10.4 Å². The minimum Gasteiger partial charge on any atom is -0.481 e. The number of aliphatic carboxylic acids is 1. The number of nitrogens with one attached hydrogen (secondary N) is 1. The summed E-state index contributed by atoms with van der Waals surface area (Å²) >= 11 is 15.1. The number of carboxylic acid groups (broad SMARTS) is 1. The third kappa shape index (κ3) is 16.8. The lowest BCUT2D eigenvalue weighted by Gasteiger charge is -2.29. The SMILES string of the molecule is CC1(S(=O)(=O)NC(=O)[C@]23CC(=O)[C@@H]4C[C@@H](Oc5nc6ccc(Cl)cc6s5)CN4C(=O)[C@@H](Cc4ccccc4)CCCCC/C=C\[C@@H]2C3)CC1.CC1(S(N)(=O)=O)CC1.O=C1C[C@]2(C(=O)O)C[C@H]2/C=C\CCCCC[C@H](Cc2ccccc2)C(=O)N2C[C@H](Oc3nc4ccc(Cl)cc4s3)C[C@@H]12. The van der Waals surface area contributed by atoms with Gasteiger partial charge in [-0.15, -0.1) is 0 Å². The Kier molecular flexibility index (Phi) is 21.7. The maximum Gasteiger partial charge on any atom is 0.310 e. The molecule has 2 saturated heterocycles. The molecule has 0 unspecified atom stereocenters. The first-order chi connectivity index (χ1) is 47.2. The first kappa shape index (κ1) is 72.2. The number of rotatable bonds is 13. The quantitative estimate of drug-likeness (QED) is 0.0906. The lowest BCUT2D eigenvalue weighted by molar-refractivity contribution is -0.147. The van der Waals surface area contributed by atoms with Crippen LogP contribution < -0.4 is 19.3 Å². The summed E-state index contributed by atoms with van der Waals surface area (Å²) in [7, 11) is -7.11. The van der Waals surface area contributed by atoms with Gasteiger partial charge in [-0.05, 0) is 163 Å². The lowest BCUT2D eigenvalue weighted by Crippen LogP contribution is -2.47. The number of halogens is 2. The van der Waals surface area contributed by atoms with E-state index < -0.39 is 76.5 Å². The zero-order valence-electron chi connectivity index (χ0n) is 55.7. The van der Waals surface area contributed by atoms with Gasteiger partial charge in [0.05, 0.1) is 65.9 Å². The molecule has 6 heterocycles. The first-order valence-corrected chi connectivity index (χ1v) is 40.0. The number of benzene rings is 4. The van der Waals surface area contributed by atoms with Crippen molar-refractivity contribution >= 4 is 122 Å². The number of Topliss-reactive ketones (excluding diaryl/α,β-unsaturated/α-hetero) is 2. The number of ether oxygens (including phenoxy) is 2. The number of nitrogens with zero attached hydrogens (tertiary/aromatic N) is 4. The molecule has 4 aliphatic heterocycles. The highest BCUT2D eigenvalue weighted by Crippen LogP contribution is 2.59. The normalized spacial score (nSPS) is 29.0. The van der Waals surface area contributed by atoms with Crippen molar-refractivity contribution in [3.63, 3.8) is 0 Å². The average Bonchev–Trinajstić information content (AvgIpc) is 1.57. The molecule has 0 spiro atoms. The van der Waals surface area contributed by atoms with Gasteiger partial charge in [0, 0.05) is 47.6 Å². The Hall–Kier alpha value is -6.60.